The zero-order valence-electron chi connectivity index (χ0n) is 12.6. The molecule has 2 aromatic rings. The molecule has 0 fully saturated rings. The first-order valence-corrected chi connectivity index (χ1v) is 6.74. The third kappa shape index (κ3) is 3.82. The quantitative estimate of drug-likeness (QED) is 0.824. The Hall–Kier alpha value is -2.89. The lowest BCUT2D eigenvalue weighted by atomic mass is 10.1. The molecule has 6 nitrogen and oxygen atoms in total. The van der Waals surface area contributed by atoms with Gasteiger partial charge in [-0.3, -0.25) is 4.79 Å². The van der Waals surface area contributed by atoms with Crippen LogP contribution in [0.15, 0.2) is 42.5 Å². The van der Waals surface area contributed by atoms with Crippen molar-refractivity contribution in [1.29, 1.82) is 0 Å². The predicted molar refractivity (Wildman–Crippen MR) is 85.6 cm³/mol. The number of amides is 1. The number of nitrogen functional groups attached to an aromatic ring is 1. The van der Waals surface area contributed by atoms with E-state index < -0.39 is 0 Å². The third-order valence-electron chi connectivity index (χ3n) is 2.84. The zero-order valence-corrected chi connectivity index (χ0v) is 12.6. The van der Waals surface area contributed by atoms with Crippen LogP contribution in [0.4, 0.5) is 5.95 Å². The smallest absolute Gasteiger partial charge is 0.269 e. The normalized spacial score (nSPS) is 10.1. The number of hydrogen-bond donors (Lipinski definition) is 2. The average Bonchev–Trinajstić information content (AvgIpc) is 2.52. The number of benzene rings is 1. The molecule has 1 aromatic carbocycles. The van der Waals surface area contributed by atoms with Crippen LogP contribution < -0.4 is 15.8 Å². The van der Waals surface area contributed by atoms with Gasteiger partial charge in [-0.1, -0.05) is 6.58 Å². The number of hydrogen-bond acceptors (Lipinski definition) is 5. The van der Waals surface area contributed by atoms with Crippen LogP contribution in [0, 0.1) is 0 Å². The number of nitrogens with one attached hydrogen (secondary N) is 1. The Kier molecular flexibility index (Phi) is 4.73. The van der Waals surface area contributed by atoms with Gasteiger partial charge in [-0.05, 0) is 42.8 Å². The molecule has 0 spiro atoms. The molecule has 0 aliphatic rings. The number of rotatable bonds is 5. The lowest BCUT2D eigenvalue weighted by molar-refractivity contribution is 0.0958. The van der Waals surface area contributed by atoms with Gasteiger partial charge in [0.15, 0.2) is 0 Å². The van der Waals surface area contributed by atoms with Gasteiger partial charge >= 0.3 is 0 Å². The summed E-state index contributed by atoms with van der Waals surface area (Å²) in [7, 11) is 1.54. The Bertz CT molecular complexity index is 696. The van der Waals surface area contributed by atoms with Crippen molar-refractivity contribution in [3.63, 3.8) is 0 Å². The number of aromatic nitrogens is 2. The molecule has 114 valence electrons. The Morgan fingerprint density at radius 2 is 2.00 bits per heavy atom. The molecule has 0 aliphatic heterocycles. The number of anilines is 1. The molecular formula is C16H18N4O2. The summed E-state index contributed by atoms with van der Waals surface area (Å²) >= 11 is 0. The Morgan fingerprint density at radius 3 is 2.59 bits per heavy atom. The number of carbonyl (C=O) groups is 1. The van der Waals surface area contributed by atoms with E-state index in [2.05, 4.69) is 21.9 Å². The highest BCUT2D eigenvalue weighted by Crippen LogP contribution is 2.22. The maximum atomic E-state index is 11.7. The maximum absolute atomic E-state index is 11.7. The van der Waals surface area contributed by atoms with E-state index in [0.29, 0.717) is 12.3 Å². The average molecular weight is 298 g/mol. The number of nitrogens with zero attached hydrogens (tertiary/aromatic N) is 2. The van der Waals surface area contributed by atoms with Gasteiger partial charge in [-0.15, -0.1) is 0 Å². The van der Waals surface area contributed by atoms with Gasteiger partial charge in [0.25, 0.3) is 5.91 Å². The van der Waals surface area contributed by atoms with E-state index in [0.717, 1.165) is 16.9 Å². The van der Waals surface area contributed by atoms with Gasteiger partial charge in [0, 0.05) is 12.6 Å². The Labute approximate surface area is 129 Å². The van der Waals surface area contributed by atoms with Crippen molar-refractivity contribution >= 4 is 11.9 Å². The second-order valence-electron chi connectivity index (χ2n) is 4.85. The fourth-order valence-electron chi connectivity index (χ4n) is 1.79. The summed E-state index contributed by atoms with van der Waals surface area (Å²) in [6.07, 6.45) is 0. The summed E-state index contributed by atoms with van der Waals surface area (Å²) in [5, 5.41) is 2.51. The number of nitrogens with two attached hydrogens (primary N) is 1. The molecule has 1 heterocycles. The van der Waals surface area contributed by atoms with Gasteiger partial charge in [0.2, 0.25) is 5.95 Å². The van der Waals surface area contributed by atoms with E-state index in [4.69, 9.17) is 10.5 Å². The van der Waals surface area contributed by atoms with Crippen molar-refractivity contribution in [2.45, 2.75) is 6.92 Å². The van der Waals surface area contributed by atoms with Crippen LogP contribution in [0.25, 0.3) is 11.3 Å². The fraction of sp³-hybridized carbons (Fsp3) is 0.188. The van der Waals surface area contributed by atoms with Gasteiger partial charge in [0.05, 0.1) is 5.69 Å². The molecule has 1 aromatic heterocycles. The van der Waals surface area contributed by atoms with Crippen LogP contribution in [0.1, 0.15) is 17.4 Å². The highest BCUT2D eigenvalue weighted by molar-refractivity contribution is 5.93. The lowest BCUT2D eigenvalue weighted by Crippen LogP contribution is -2.20. The van der Waals surface area contributed by atoms with Crippen molar-refractivity contribution in [3.8, 4) is 17.0 Å². The monoisotopic (exact) mass is 298 g/mol. The van der Waals surface area contributed by atoms with Gasteiger partial charge < -0.3 is 15.8 Å². The fourth-order valence-corrected chi connectivity index (χ4v) is 1.79. The summed E-state index contributed by atoms with van der Waals surface area (Å²) in [5.41, 5.74) is 8.24. The highest BCUT2D eigenvalue weighted by atomic mass is 16.5. The minimum absolute atomic E-state index is 0.0544. The van der Waals surface area contributed by atoms with Gasteiger partial charge in [-0.2, -0.15) is 0 Å². The van der Waals surface area contributed by atoms with Crippen LogP contribution >= 0.6 is 0 Å². The summed E-state index contributed by atoms with van der Waals surface area (Å²) < 4.78 is 5.54. The zero-order chi connectivity index (χ0) is 16.1. The van der Waals surface area contributed by atoms with Crippen LogP contribution in [-0.2, 0) is 0 Å². The molecule has 0 unspecified atom stereocenters. The van der Waals surface area contributed by atoms with E-state index in [-0.39, 0.29) is 17.5 Å². The first-order valence-electron chi connectivity index (χ1n) is 6.74. The van der Waals surface area contributed by atoms with E-state index in [9.17, 15) is 4.79 Å². The van der Waals surface area contributed by atoms with Crippen LogP contribution in [0.5, 0.6) is 5.75 Å². The van der Waals surface area contributed by atoms with Crippen LogP contribution in [-0.4, -0.2) is 29.5 Å². The van der Waals surface area contributed by atoms with Crippen molar-refractivity contribution in [1.82, 2.24) is 15.3 Å². The molecule has 0 aliphatic carbocycles. The van der Waals surface area contributed by atoms with Crippen LogP contribution in [0.3, 0.4) is 0 Å². The molecular weight excluding hydrogens is 280 g/mol. The molecule has 0 saturated heterocycles. The molecule has 1 amide bonds. The molecule has 2 rings (SSSR count). The Balaban J connectivity index is 2.26. The van der Waals surface area contributed by atoms with Crippen molar-refractivity contribution in [2.75, 3.05) is 19.4 Å². The largest absolute Gasteiger partial charge is 0.489 e. The first kappa shape index (κ1) is 15.5. The topological polar surface area (TPSA) is 90.1 Å². The summed E-state index contributed by atoms with van der Waals surface area (Å²) in [6.45, 7) is 6.16. The van der Waals surface area contributed by atoms with Gasteiger partial charge in [-0.25, -0.2) is 9.97 Å². The third-order valence-corrected chi connectivity index (χ3v) is 2.84. The standard InChI is InChI=1S/C16H18N4O2/c1-10(2)9-22-12-6-4-11(5-7-12)13-8-14(15(21)18-3)20-16(17)19-13/h4-8H,1,9H2,2-3H3,(H,18,21)(H2,17,19,20). The number of carbonyl (C=O) groups excluding carboxylic acids is 1. The molecule has 0 atom stereocenters. The second-order valence-corrected chi connectivity index (χ2v) is 4.85. The minimum atomic E-state index is -0.309. The number of ether oxygens (including phenoxy) is 1. The molecule has 6 heteroatoms. The Morgan fingerprint density at radius 1 is 1.32 bits per heavy atom. The molecule has 3 N–H and O–H groups in total. The SMILES string of the molecule is C=C(C)COc1ccc(-c2cc(C(=O)NC)nc(N)n2)cc1. The van der Waals surface area contributed by atoms with Crippen molar-refractivity contribution in [3.05, 3.63) is 48.2 Å². The van der Waals surface area contributed by atoms with Crippen molar-refractivity contribution < 1.29 is 9.53 Å². The highest BCUT2D eigenvalue weighted by Gasteiger charge is 2.10. The second kappa shape index (κ2) is 6.71. The summed E-state index contributed by atoms with van der Waals surface area (Å²) in [6, 6.07) is 8.96. The summed E-state index contributed by atoms with van der Waals surface area (Å²) in [4.78, 5) is 19.7. The van der Waals surface area contributed by atoms with Gasteiger partial charge in [0.1, 0.15) is 18.1 Å². The van der Waals surface area contributed by atoms with Crippen molar-refractivity contribution in [2.24, 2.45) is 0 Å². The van der Waals surface area contributed by atoms with E-state index in [1.807, 2.05) is 31.2 Å². The maximum Gasteiger partial charge on any atom is 0.269 e. The predicted octanol–water partition coefficient (Wildman–Crippen LogP) is 2.04. The molecule has 0 radical (unpaired) electrons. The molecule has 22 heavy (non-hydrogen) atoms. The van der Waals surface area contributed by atoms with E-state index in [1.54, 1.807) is 6.07 Å². The first-order chi connectivity index (χ1) is 10.5. The molecule has 0 bridgehead atoms. The minimum Gasteiger partial charge on any atom is -0.489 e. The van der Waals surface area contributed by atoms with Crippen LogP contribution in [0.2, 0.25) is 0 Å². The van der Waals surface area contributed by atoms with E-state index in [1.165, 1.54) is 7.05 Å². The molecule has 0 saturated carbocycles. The van der Waals surface area contributed by atoms with E-state index >= 15 is 0 Å². The summed E-state index contributed by atoms with van der Waals surface area (Å²) in [5.74, 6) is 0.482. The lowest BCUT2D eigenvalue weighted by Gasteiger charge is -2.08.